The molecule has 5 nitrogen and oxygen atoms in total. The molecule has 0 saturated carbocycles. The van der Waals surface area contributed by atoms with Crippen molar-refractivity contribution in [3.63, 3.8) is 0 Å². The summed E-state index contributed by atoms with van der Waals surface area (Å²) in [6.45, 7) is 33.0. The van der Waals surface area contributed by atoms with Crippen LogP contribution in [0.15, 0.2) is 0 Å². The molecule has 32 heavy (non-hydrogen) atoms. The molecule has 0 radical (unpaired) electrons. The number of likely N-dealkylation sites (N-methyl/N-ethyl adjacent to an activating group) is 2. The largest absolute Gasteiger partial charge is 0.304 e. The third kappa shape index (κ3) is 12.3. The Morgan fingerprint density at radius 2 is 0.594 bits per heavy atom. The van der Waals surface area contributed by atoms with Gasteiger partial charge in [-0.2, -0.15) is 0 Å². The van der Waals surface area contributed by atoms with E-state index in [0.717, 1.165) is 0 Å². The summed E-state index contributed by atoms with van der Waals surface area (Å²) < 4.78 is 0. The van der Waals surface area contributed by atoms with E-state index in [9.17, 15) is 0 Å². The lowest BCUT2D eigenvalue weighted by Crippen LogP contribution is -2.52. The summed E-state index contributed by atoms with van der Waals surface area (Å²) in [5.41, 5.74) is 1.14. The van der Waals surface area contributed by atoms with Gasteiger partial charge < -0.3 is 9.80 Å². The van der Waals surface area contributed by atoms with Gasteiger partial charge in [-0.05, 0) is 102 Å². The van der Waals surface area contributed by atoms with Crippen molar-refractivity contribution in [3.05, 3.63) is 0 Å². The third-order valence-corrected chi connectivity index (χ3v) is 6.96. The SMILES string of the molecule is C.CC(C)(C)N1CCCC1.CN1CCN(C(C)(C)C)CC1.CN1CCN(C(C)(C)C)CC1. The highest BCUT2D eigenvalue weighted by molar-refractivity contribution is 4.82. The van der Waals surface area contributed by atoms with Gasteiger partial charge in [0.1, 0.15) is 0 Å². The molecule has 3 rings (SSSR count). The highest BCUT2D eigenvalue weighted by Gasteiger charge is 2.25. The van der Waals surface area contributed by atoms with E-state index in [1.54, 1.807) is 0 Å². The Morgan fingerprint density at radius 1 is 0.375 bits per heavy atom. The Bertz CT molecular complexity index is 432. The zero-order valence-corrected chi connectivity index (χ0v) is 23.2. The molecule has 5 heteroatoms. The molecule has 0 bridgehead atoms. The minimum atomic E-state index is 0. The summed E-state index contributed by atoms with van der Waals surface area (Å²) in [6.07, 6.45) is 2.80. The van der Waals surface area contributed by atoms with Crippen molar-refractivity contribution in [1.82, 2.24) is 24.5 Å². The van der Waals surface area contributed by atoms with Crippen molar-refractivity contribution in [2.45, 2.75) is 99.2 Å². The van der Waals surface area contributed by atoms with E-state index in [2.05, 4.69) is 101 Å². The van der Waals surface area contributed by atoms with E-state index in [0.29, 0.717) is 16.6 Å². The highest BCUT2D eigenvalue weighted by atomic mass is 15.3. The second kappa shape index (κ2) is 13.6. The molecule has 3 fully saturated rings. The molecule has 3 aliphatic heterocycles. The molecule has 194 valence electrons. The lowest BCUT2D eigenvalue weighted by atomic mass is 10.1. The van der Waals surface area contributed by atoms with E-state index < -0.39 is 0 Å². The van der Waals surface area contributed by atoms with E-state index in [1.807, 2.05) is 0 Å². The van der Waals surface area contributed by atoms with Crippen LogP contribution in [0, 0.1) is 0 Å². The van der Waals surface area contributed by atoms with Crippen molar-refractivity contribution in [2.24, 2.45) is 0 Å². The van der Waals surface area contributed by atoms with Gasteiger partial charge in [0.05, 0.1) is 0 Å². The summed E-state index contributed by atoms with van der Waals surface area (Å²) >= 11 is 0. The van der Waals surface area contributed by atoms with Gasteiger partial charge in [0, 0.05) is 69.0 Å². The zero-order valence-electron chi connectivity index (χ0n) is 23.2. The van der Waals surface area contributed by atoms with Crippen LogP contribution in [-0.4, -0.2) is 121 Å². The van der Waals surface area contributed by atoms with E-state index >= 15 is 0 Å². The third-order valence-electron chi connectivity index (χ3n) is 6.96. The van der Waals surface area contributed by atoms with Crippen molar-refractivity contribution >= 4 is 0 Å². The predicted octanol–water partition coefficient (Wildman–Crippen LogP) is 4.58. The molecular formula is C27H61N5. The van der Waals surface area contributed by atoms with Gasteiger partial charge in [-0.1, -0.05) is 7.43 Å². The molecular weight excluding hydrogens is 394 g/mol. The zero-order chi connectivity index (χ0) is 23.9. The summed E-state index contributed by atoms with van der Waals surface area (Å²) in [7, 11) is 4.39. The molecule has 0 N–H and O–H groups in total. The van der Waals surface area contributed by atoms with Crippen molar-refractivity contribution in [3.8, 4) is 0 Å². The van der Waals surface area contributed by atoms with Crippen LogP contribution in [-0.2, 0) is 0 Å². The number of piperazine rings is 2. The van der Waals surface area contributed by atoms with Crippen LogP contribution in [0.1, 0.15) is 82.6 Å². The van der Waals surface area contributed by atoms with Gasteiger partial charge in [-0.15, -0.1) is 0 Å². The fraction of sp³-hybridized carbons (Fsp3) is 1.00. The van der Waals surface area contributed by atoms with Crippen molar-refractivity contribution in [1.29, 1.82) is 0 Å². The Kier molecular flexibility index (Phi) is 13.5. The predicted molar refractivity (Wildman–Crippen MR) is 145 cm³/mol. The van der Waals surface area contributed by atoms with E-state index in [4.69, 9.17) is 0 Å². The molecule has 0 aromatic heterocycles. The number of likely N-dealkylation sites (tertiary alicyclic amines) is 1. The molecule has 0 unspecified atom stereocenters. The second-order valence-corrected chi connectivity index (χ2v) is 12.8. The lowest BCUT2D eigenvalue weighted by molar-refractivity contribution is 0.0734. The summed E-state index contributed by atoms with van der Waals surface area (Å²) in [5.74, 6) is 0. The van der Waals surface area contributed by atoms with Crippen LogP contribution in [0.3, 0.4) is 0 Å². The van der Waals surface area contributed by atoms with Crippen LogP contribution in [0.25, 0.3) is 0 Å². The summed E-state index contributed by atoms with van der Waals surface area (Å²) in [5, 5.41) is 0. The Hall–Kier alpha value is -0.200. The molecule has 0 aromatic carbocycles. The van der Waals surface area contributed by atoms with Crippen LogP contribution in [0.2, 0.25) is 0 Å². The van der Waals surface area contributed by atoms with Gasteiger partial charge >= 0.3 is 0 Å². The maximum absolute atomic E-state index is 2.55. The second-order valence-electron chi connectivity index (χ2n) is 12.8. The number of hydrogen-bond acceptors (Lipinski definition) is 5. The Morgan fingerprint density at radius 3 is 0.781 bits per heavy atom. The Balaban J connectivity index is 0.000000446. The topological polar surface area (TPSA) is 16.2 Å². The minimum Gasteiger partial charge on any atom is -0.304 e. The molecule has 0 aliphatic carbocycles. The van der Waals surface area contributed by atoms with Gasteiger partial charge in [0.2, 0.25) is 0 Å². The smallest absolute Gasteiger partial charge is 0.0126 e. The van der Waals surface area contributed by atoms with Gasteiger partial charge in [0.15, 0.2) is 0 Å². The van der Waals surface area contributed by atoms with Crippen LogP contribution < -0.4 is 0 Å². The molecule has 0 spiro atoms. The molecule has 3 heterocycles. The lowest BCUT2D eigenvalue weighted by Gasteiger charge is -2.41. The summed E-state index contributed by atoms with van der Waals surface area (Å²) in [4.78, 5) is 12.4. The molecule has 0 amide bonds. The van der Waals surface area contributed by atoms with Crippen LogP contribution in [0.5, 0.6) is 0 Å². The maximum atomic E-state index is 2.55. The monoisotopic (exact) mass is 455 g/mol. The molecule has 0 aromatic rings. The fourth-order valence-corrected chi connectivity index (χ4v) is 4.34. The average molecular weight is 456 g/mol. The standard InChI is InChI=1S/2C9H20N2.C8H17N.CH4/c2*1-9(2,3)11-7-5-10(4)6-8-11;1-8(2,3)9-6-4-5-7-9;/h2*5-8H2,1-4H3;4-7H2,1-3H3;1H4. The highest BCUT2D eigenvalue weighted by Crippen LogP contribution is 2.19. The first-order valence-corrected chi connectivity index (χ1v) is 12.7. The van der Waals surface area contributed by atoms with Gasteiger partial charge in [-0.25, -0.2) is 0 Å². The first-order chi connectivity index (χ1) is 14.1. The van der Waals surface area contributed by atoms with E-state index in [1.165, 1.54) is 78.3 Å². The average Bonchev–Trinajstić information content (AvgIpc) is 3.17. The van der Waals surface area contributed by atoms with Crippen LogP contribution >= 0.6 is 0 Å². The van der Waals surface area contributed by atoms with E-state index in [-0.39, 0.29) is 7.43 Å². The quantitative estimate of drug-likeness (QED) is 0.530. The number of nitrogens with zero attached hydrogens (tertiary/aromatic N) is 5. The Labute approximate surface area is 203 Å². The van der Waals surface area contributed by atoms with Crippen molar-refractivity contribution in [2.75, 3.05) is 79.5 Å². The minimum absolute atomic E-state index is 0. The molecule has 0 atom stereocenters. The maximum Gasteiger partial charge on any atom is 0.0126 e. The fourth-order valence-electron chi connectivity index (χ4n) is 4.34. The van der Waals surface area contributed by atoms with Crippen molar-refractivity contribution < 1.29 is 0 Å². The van der Waals surface area contributed by atoms with Gasteiger partial charge in [0.25, 0.3) is 0 Å². The first-order valence-electron chi connectivity index (χ1n) is 12.7. The number of hydrogen-bond donors (Lipinski definition) is 0. The molecule has 3 aliphatic rings. The normalized spacial score (nSPS) is 23.0. The summed E-state index contributed by atoms with van der Waals surface area (Å²) in [6, 6.07) is 0. The number of rotatable bonds is 0. The molecule has 3 saturated heterocycles. The first kappa shape index (κ1) is 31.8. The van der Waals surface area contributed by atoms with Crippen LogP contribution in [0.4, 0.5) is 0 Å². The van der Waals surface area contributed by atoms with Gasteiger partial charge in [-0.3, -0.25) is 14.7 Å².